The zero-order chi connectivity index (χ0) is 19.6. The molecule has 3 heterocycles. The summed E-state index contributed by atoms with van der Waals surface area (Å²) >= 11 is 0. The summed E-state index contributed by atoms with van der Waals surface area (Å²) in [7, 11) is 0. The number of alkyl halides is 3. The number of piperidine rings is 1. The summed E-state index contributed by atoms with van der Waals surface area (Å²) in [5.74, 6) is 2.12. The number of hydrogen-bond acceptors (Lipinski definition) is 5. The second-order valence-corrected chi connectivity index (χ2v) is 7.05. The molecule has 4 rings (SSSR count). The number of rotatable bonds is 4. The Kier molecular flexibility index (Phi) is 5.30. The lowest BCUT2D eigenvalue weighted by atomic mass is 10.0. The lowest BCUT2D eigenvalue weighted by Gasteiger charge is -2.34. The second-order valence-electron chi connectivity index (χ2n) is 7.05. The van der Waals surface area contributed by atoms with E-state index >= 15 is 0 Å². The van der Waals surface area contributed by atoms with Crippen LogP contribution in [-0.2, 0) is 12.7 Å². The van der Waals surface area contributed by atoms with Crippen molar-refractivity contribution in [3.63, 3.8) is 0 Å². The number of pyridine rings is 1. The van der Waals surface area contributed by atoms with Gasteiger partial charge in [-0.25, -0.2) is 4.98 Å². The van der Waals surface area contributed by atoms with Gasteiger partial charge in [0.15, 0.2) is 11.5 Å². The first-order valence-electron chi connectivity index (χ1n) is 9.39. The van der Waals surface area contributed by atoms with E-state index in [-0.39, 0.29) is 6.04 Å². The van der Waals surface area contributed by atoms with Crippen molar-refractivity contribution >= 4 is 5.82 Å². The molecule has 8 heteroatoms. The Morgan fingerprint density at radius 2 is 1.93 bits per heavy atom. The summed E-state index contributed by atoms with van der Waals surface area (Å²) in [6.45, 7) is 3.32. The third-order valence-corrected chi connectivity index (χ3v) is 5.02. The van der Waals surface area contributed by atoms with Gasteiger partial charge in [0.05, 0.1) is 5.56 Å². The Morgan fingerprint density at radius 3 is 2.68 bits per heavy atom. The fraction of sp³-hybridized carbons (Fsp3) is 0.450. The summed E-state index contributed by atoms with van der Waals surface area (Å²) in [4.78, 5) is 6.05. The molecule has 28 heavy (non-hydrogen) atoms. The first kappa shape index (κ1) is 18.9. The van der Waals surface area contributed by atoms with Crippen LogP contribution in [0.3, 0.4) is 0 Å². The van der Waals surface area contributed by atoms with Crippen molar-refractivity contribution < 1.29 is 22.6 Å². The van der Waals surface area contributed by atoms with Crippen LogP contribution in [0.5, 0.6) is 11.5 Å². The number of aromatic nitrogens is 1. The minimum absolute atomic E-state index is 0.242. The van der Waals surface area contributed by atoms with Gasteiger partial charge in [-0.3, -0.25) is 0 Å². The zero-order valence-corrected chi connectivity index (χ0v) is 15.3. The molecule has 0 bridgehead atoms. The van der Waals surface area contributed by atoms with E-state index in [4.69, 9.17) is 9.47 Å². The van der Waals surface area contributed by atoms with Gasteiger partial charge in [-0.1, -0.05) is 6.07 Å². The van der Waals surface area contributed by atoms with E-state index in [1.54, 1.807) is 0 Å². The average molecular weight is 393 g/mol. The monoisotopic (exact) mass is 393 g/mol. The largest absolute Gasteiger partial charge is 0.486 e. The lowest BCUT2D eigenvalue weighted by Crippen LogP contribution is -2.45. The van der Waals surface area contributed by atoms with Crippen LogP contribution in [0.1, 0.15) is 24.0 Å². The number of nitrogens with one attached hydrogen (secondary N) is 1. The first-order valence-corrected chi connectivity index (χ1v) is 9.39. The first-order chi connectivity index (χ1) is 13.5. The van der Waals surface area contributed by atoms with Crippen molar-refractivity contribution in [2.24, 2.45) is 0 Å². The van der Waals surface area contributed by atoms with Gasteiger partial charge >= 0.3 is 6.18 Å². The van der Waals surface area contributed by atoms with Crippen molar-refractivity contribution in [2.75, 3.05) is 31.2 Å². The summed E-state index contributed by atoms with van der Waals surface area (Å²) in [5, 5.41) is 3.53. The molecule has 0 radical (unpaired) electrons. The molecule has 0 amide bonds. The van der Waals surface area contributed by atoms with Crippen LogP contribution in [0.4, 0.5) is 19.0 Å². The number of fused-ring (bicyclic) bond motifs is 1. The summed E-state index contributed by atoms with van der Waals surface area (Å²) in [6.07, 6.45) is -1.48. The average Bonchev–Trinajstić information content (AvgIpc) is 2.72. The molecule has 0 saturated carbocycles. The van der Waals surface area contributed by atoms with Crippen LogP contribution in [0.25, 0.3) is 0 Å². The van der Waals surface area contributed by atoms with Gasteiger partial charge in [0, 0.05) is 31.9 Å². The molecule has 2 aliphatic rings. The van der Waals surface area contributed by atoms with Crippen molar-refractivity contribution in [3.05, 3.63) is 47.7 Å². The van der Waals surface area contributed by atoms with E-state index < -0.39 is 11.7 Å². The molecule has 2 aliphatic heterocycles. The smallest absolute Gasteiger partial charge is 0.417 e. The molecule has 1 fully saturated rings. The van der Waals surface area contributed by atoms with E-state index in [1.807, 2.05) is 23.1 Å². The molecule has 1 saturated heterocycles. The van der Waals surface area contributed by atoms with Crippen molar-refractivity contribution in [3.8, 4) is 11.5 Å². The fourth-order valence-electron chi connectivity index (χ4n) is 3.55. The second kappa shape index (κ2) is 7.87. The van der Waals surface area contributed by atoms with Gasteiger partial charge in [-0.2, -0.15) is 13.2 Å². The highest BCUT2D eigenvalue weighted by Gasteiger charge is 2.31. The molecule has 0 unspecified atom stereocenters. The molecule has 2 aromatic rings. The van der Waals surface area contributed by atoms with Crippen LogP contribution >= 0.6 is 0 Å². The van der Waals surface area contributed by atoms with Crippen LogP contribution in [0.2, 0.25) is 0 Å². The number of anilines is 1. The zero-order valence-electron chi connectivity index (χ0n) is 15.3. The molecular weight excluding hydrogens is 371 g/mol. The Morgan fingerprint density at radius 1 is 1.11 bits per heavy atom. The van der Waals surface area contributed by atoms with E-state index in [9.17, 15) is 13.2 Å². The van der Waals surface area contributed by atoms with Gasteiger partial charge in [-0.15, -0.1) is 0 Å². The fourth-order valence-corrected chi connectivity index (χ4v) is 3.55. The minimum atomic E-state index is -4.36. The molecule has 0 aliphatic carbocycles. The topological polar surface area (TPSA) is 46.6 Å². The number of hydrogen-bond donors (Lipinski definition) is 1. The maximum Gasteiger partial charge on any atom is 0.417 e. The van der Waals surface area contributed by atoms with Gasteiger partial charge in [0.1, 0.15) is 19.0 Å². The van der Waals surface area contributed by atoms with Crippen molar-refractivity contribution in [1.82, 2.24) is 10.3 Å². The Hall–Kier alpha value is -2.48. The molecule has 5 nitrogen and oxygen atoms in total. The molecule has 1 atom stereocenters. The predicted molar refractivity (Wildman–Crippen MR) is 98.7 cm³/mol. The van der Waals surface area contributed by atoms with Crippen LogP contribution in [0.15, 0.2) is 36.5 Å². The maximum absolute atomic E-state index is 12.7. The highest BCUT2D eigenvalue weighted by molar-refractivity contribution is 5.44. The Bertz CT molecular complexity index is 811. The van der Waals surface area contributed by atoms with Gasteiger partial charge in [0.2, 0.25) is 0 Å². The summed E-state index contributed by atoms with van der Waals surface area (Å²) in [6, 6.07) is 8.70. The quantitative estimate of drug-likeness (QED) is 0.860. The van der Waals surface area contributed by atoms with E-state index in [1.165, 1.54) is 6.07 Å². The van der Waals surface area contributed by atoms with Gasteiger partial charge in [-0.05, 0) is 42.7 Å². The number of benzene rings is 1. The third-order valence-electron chi connectivity index (χ3n) is 5.02. The van der Waals surface area contributed by atoms with Gasteiger partial charge in [0.25, 0.3) is 0 Å². The Balaban J connectivity index is 1.35. The van der Waals surface area contributed by atoms with Crippen molar-refractivity contribution in [2.45, 2.75) is 31.6 Å². The van der Waals surface area contributed by atoms with E-state index in [0.29, 0.717) is 32.1 Å². The van der Waals surface area contributed by atoms with Gasteiger partial charge < -0.3 is 19.7 Å². The number of ether oxygens (including phenoxy) is 2. The number of nitrogens with zero attached hydrogens (tertiary/aromatic N) is 2. The van der Waals surface area contributed by atoms with Crippen LogP contribution in [0, 0.1) is 0 Å². The molecule has 150 valence electrons. The number of halogens is 3. The van der Waals surface area contributed by atoms with E-state index in [0.717, 1.165) is 48.7 Å². The summed E-state index contributed by atoms with van der Waals surface area (Å²) in [5.41, 5.74) is 0.385. The lowest BCUT2D eigenvalue weighted by molar-refractivity contribution is -0.137. The SMILES string of the molecule is FC(F)(F)c1ccc(N2CCC[C@@H](NCc3ccc4c(c3)OCCO4)C2)nc1. The molecular formula is C20H22F3N3O2. The molecule has 1 aromatic heterocycles. The van der Waals surface area contributed by atoms with Crippen LogP contribution in [-0.4, -0.2) is 37.3 Å². The molecule has 0 spiro atoms. The summed E-state index contributed by atoms with van der Waals surface area (Å²) < 4.78 is 49.3. The molecule has 1 N–H and O–H groups in total. The van der Waals surface area contributed by atoms with Crippen LogP contribution < -0.4 is 19.7 Å². The van der Waals surface area contributed by atoms with Crippen molar-refractivity contribution in [1.29, 1.82) is 0 Å². The van der Waals surface area contributed by atoms with E-state index in [2.05, 4.69) is 10.3 Å². The minimum Gasteiger partial charge on any atom is -0.486 e. The Labute approximate surface area is 161 Å². The maximum atomic E-state index is 12.7. The molecule has 1 aromatic carbocycles. The highest BCUT2D eigenvalue weighted by atomic mass is 19.4. The highest BCUT2D eigenvalue weighted by Crippen LogP contribution is 2.31. The standard InChI is InChI=1S/C20H22F3N3O2/c21-20(22,23)15-4-6-19(25-12-15)26-7-1-2-16(13-26)24-11-14-3-5-17-18(10-14)28-9-8-27-17/h3-6,10,12,16,24H,1-2,7-9,11,13H2/t16-/m1/s1. The predicted octanol–water partition coefficient (Wildman–Crippen LogP) is 3.63. The third kappa shape index (κ3) is 4.32. The normalized spacial score (nSPS) is 19.5.